The van der Waals surface area contributed by atoms with Crippen LogP contribution in [0.4, 0.5) is 0 Å². The van der Waals surface area contributed by atoms with E-state index >= 15 is 0 Å². The third kappa shape index (κ3) is 3.74. The van der Waals surface area contributed by atoms with Crippen molar-refractivity contribution in [3.05, 3.63) is 0 Å². The molecule has 2 N–H and O–H groups in total. The minimum atomic E-state index is 0.435. The molecule has 4 fully saturated rings. The van der Waals surface area contributed by atoms with E-state index < -0.39 is 0 Å². The molecule has 4 aliphatic rings. The average Bonchev–Trinajstić information content (AvgIpc) is 3.23. The van der Waals surface area contributed by atoms with E-state index in [0.717, 1.165) is 32.1 Å². The second-order valence-electron chi connectivity index (χ2n) is 7.99. The molecule has 6 atom stereocenters. The van der Waals surface area contributed by atoms with Gasteiger partial charge < -0.3 is 10.6 Å². The zero-order chi connectivity index (χ0) is 16.5. The first-order chi connectivity index (χ1) is 11.7. The van der Waals surface area contributed by atoms with Crippen LogP contribution in [0.1, 0.15) is 51.4 Å². The number of nitrogens with one attached hydrogen (secondary N) is 2. The van der Waals surface area contributed by atoms with E-state index in [2.05, 4.69) is 10.6 Å². The summed E-state index contributed by atoms with van der Waals surface area (Å²) < 4.78 is 2.27. The van der Waals surface area contributed by atoms with Crippen molar-refractivity contribution in [3.8, 4) is 0 Å². The highest BCUT2D eigenvalue weighted by atomic mass is 33.1. The van der Waals surface area contributed by atoms with Crippen molar-refractivity contribution in [1.82, 2.24) is 10.6 Å². The Morgan fingerprint density at radius 2 is 1.08 bits per heavy atom. The zero-order valence-corrected chi connectivity index (χ0v) is 17.4. The lowest BCUT2D eigenvalue weighted by Gasteiger charge is -2.29. The third-order valence-corrected chi connectivity index (χ3v) is 10.6. The van der Waals surface area contributed by atoms with E-state index in [0.29, 0.717) is 12.1 Å². The first-order valence-corrected chi connectivity index (χ1v) is 12.6. The summed E-state index contributed by atoms with van der Waals surface area (Å²) in [5.74, 6) is 3.28. The van der Waals surface area contributed by atoms with Gasteiger partial charge in [0.25, 0.3) is 0 Å². The van der Waals surface area contributed by atoms with Crippen molar-refractivity contribution in [2.45, 2.75) is 63.5 Å². The minimum absolute atomic E-state index is 0.435. The molecule has 2 saturated carbocycles. The Morgan fingerprint density at radius 3 is 1.54 bits per heavy atom. The van der Waals surface area contributed by atoms with Crippen LogP contribution in [0.5, 0.6) is 0 Å². The molecule has 2 saturated heterocycles. The van der Waals surface area contributed by atoms with Crippen LogP contribution in [0, 0.1) is 23.7 Å². The predicted molar refractivity (Wildman–Crippen MR) is 115 cm³/mol. The Morgan fingerprint density at radius 1 is 0.667 bits per heavy atom. The summed E-state index contributed by atoms with van der Waals surface area (Å²) in [5, 5.41) is 7.41. The average molecular weight is 401 g/mol. The van der Waals surface area contributed by atoms with Crippen LogP contribution in [0.3, 0.4) is 0 Å². The molecule has 4 rings (SSSR count). The van der Waals surface area contributed by atoms with E-state index in [4.69, 9.17) is 24.4 Å². The predicted octanol–water partition coefficient (Wildman–Crippen LogP) is 4.58. The summed E-state index contributed by atoms with van der Waals surface area (Å²) in [7, 11) is 3.54. The molecule has 2 heterocycles. The molecule has 6 unspecified atom stereocenters. The quantitative estimate of drug-likeness (QED) is 0.520. The van der Waals surface area contributed by atoms with Crippen molar-refractivity contribution in [2.75, 3.05) is 13.1 Å². The van der Waals surface area contributed by atoms with Gasteiger partial charge in [-0.25, -0.2) is 0 Å². The third-order valence-electron chi connectivity index (χ3n) is 6.71. The Labute approximate surface area is 164 Å². The van der Waals surface area contributed by atoms with Gasteiger partial charge in [-0.1, -0.05) is 50.1 Å². The van der Waals surface area contributed by atoms with Crippen molar-refractivity contribution in [2.24, 2.45) is 23.7 Å². The van der Waals surface area contributed by atoms with E-state index in [9.17, 15) is 0 Å². The Hall–Kier alpha value is 0.800. The van der Waals surface area contributed by atoms with Gasteiger partial charge in [0.1, 0.15) is 0 Å². The summed E-state index contributed by atoms with van der Waals surface area (Å²) in [6.45, 7) is 2.33. The summed E-state index contributed by atoms with van der Waals surface area (Å²) in [6.07, 6.45) is 11.1. The number of hydrogen-bond acceptors (Lipinski definition) is 6. The summed E-state index contributed by atoms with van der Waals surface area (Å²) in [4.78, 5) is 0. The van der Waals surface area contributed by atoms with Gasteiger partial charge in [-0.15, -0.1) is 0 Å². The Bertz CT molecular complexity index is 453. The van der Waals surface area contributed by atoms with E-state index in [1.54, 1.807) is 21.6 Å². The topological polar surface area (TPSA) is 24.1 Å². The van der Waals surface area contributed by atoms with E-state index in [1.807, 2.05) is 0 Å². The van der Waals surface area contributed by atoms with Gasteiger partial charge in [0.05, 0.1) is 20.5 Å². The molecule has 0 spiro atoms. The van der Waals surface area contributed by atoms with Crippen molar-refractivity contribution >= 4 is 54.4 Å². The molecule has 0 aromatic heterocycles. The first-order valence-electron chi connectivity index (χ1n) is 9.63. The smallest absolute Gasteiger partial charge is 0.0763 e. The van der Waals surface area contributed by atoms with Crippen LogP contribution in [-0.4, -0.2) is 33.6 Å². The van der Waals surface area contributed by atoms with E-state index in [-0.39, 0.29) is 0 Å². The maximum atomic E-state index is 5.79. The molecule has 0 aromatic rings. The number of thiocarbonyl (C=S) groups is 2. The highest BCUT2D eigenvalue weighted by molar-refractivity contribution is 8.89. The molecule has 24 heavy (non-hydrogen) atoms. The fourth-order valence-corrected chi connectivity index (χ4v) is 8.55. The maximum Gasteiger partial charge on any atom is 0.0763 e. The van der Waals surface area contributed by atoms with Crippen LogP contribution in [0.2, 0.25) is 0 Å². The Kier molecular flexibility index (Phi) is 6.22. The second kappa shape index (κ2) is 8.22. The van der Waals surface area contributed by atoms with Crippen molar-refractivity contribution in [3.63, 3.8) is 0 Å². The molecule has 0 aromatic carbocycles. The summed E-state index contributed by atoms with van der Waals surface area (Å²) >= 11 is 11.6. The van der Waals surface area contributed by atoms with Gasteiger partial charge in [0.2, 0.25) is 0 Å². The molecule has 0 bridgehead atoms. The lowest BCUT2D eigenvalue weighted by atomic mass is 9.79. The van der Waals surface area contributed by atoms with Gasteiger partial charge in [-0.2, -0.15) is 0 Å². The van der Waals surface area contributed by atoms with E-state index in [1.165, 1.54) is 64.5 Å². The van der Waals surface area contributed by atoms with Crippen molar-refractivity contribution in [1.29, 1.82) is 0 Å². The summed E-state index contributed by atoms with van der Waals surface area (Å²) in [5.41, 5.74) is 0. The standard InChI is InChI=1S/C18H28N2S4/c21-17(15-13-7-3-1-5-11(13)9-19-15)23-24-18(22)16-14-8-4-2-6-12(14)10-20-16/h11-16,19-20H,1-10H2. The molecule has 2 aliphatic carbocycles. The lowest BCUT2D eigenvalue weighted by Crippen LogP contribution is -2.35. The van der Waals surface area contributed by atoms with Gasteiger partial charge in [-0.05, 0) is 84.0 Å². The summed E-state index contributed by atoms with van der Waals surface area (Å²) in [6, 6.07) is 0.870. The normalized spacial score (nSPS) is 41.7. The molecular formula is C18H28N2S4. The van der Waals surface area contributed by atoms with Crippen LogP contribution < -0.4 is 10.6 Å². The molecule has 0 amide bonds. The molecule has 2 aliphatic heterocycles. The van der Waals surface area contributed by atoms with Crippen molar-refractivity contribution < 1.29 is 0 Å². The molecular weight excluding hydrogens is 372 g/mol. The van der Waals surface area contributed by atoms with Gasteiger partial charge >= 0.3 is 0 Å². The highest BCUT2D eigenvalue weighted by Crippen LogP contribution is 2.42. The zero-order valence-electron chi connectivity index (χ0n) is 14.2. The van der Waals surface area contributed by atoms with Crippen LogP contribution in [0.25, 0.3) is 0 Å². The fraction of sp³-hybridized carbons (Fsp3) is 0.889. The van der Waals surface area contributed by atoms with Gasteiger partial charge in [0.15, 0.2) is 0 Å². The van der Waals surface area contributed by atoms with Gasteiger partial charge in [-0.3, -0.25) is 0 Å². The second-order valence-corrected chi connectivity index (χ2v) is 11.6. The molecule has 6 heteroatoms. The first kappa shape index (κ1) is 18.2. The van der Waals surface area contributed by atoms with Crippen LogP contribution >= 0.6 is 46.0 Å². The number of fused-ring (bicyclic) bond motifs is 2. The Balaban J connectivity index is 1.28. The molecule has 134 valence electrons. The minimum Gasteiger partial charge on any atom is -0.308 e. The monoisotopic (exact) mass is 400 g/mol. The van der Waals surface area contributed by atoms with Crippen LogP contribution in [-0.2, 0) is 0 Å². The molecule has 0 radical (unpaired) electrons. The lowest BCUT2D eigenvalue weighted by molar-refractivity contribution is 0.288. The fourth-order valence-electron chi connectivity index (χ4n) is 5.42. The number of hydrogen-bond donors (Lipinski definition) is 2. The maximum absolute atomic E-state index is 5.79. The van der Waals surface area contributed by atoms with Crippen LogP contribution in [0.15, 0.2) is 0 Å². The molecule has 2 nitrogen and oxygen atoms in total. The SMILES string of the molecule is S=C(SSC(=S)C1NCC2CCCCC21)C1NCC2CCCCC21. The van der Waals surface area contributed by atoms with Gasteiger partial charge in [0, 0.05) is 0 Å². The largest absolute Gasteiger partial charge is 0.308 e. The number of rotatable bonds is 2. The highest BCUT2D eigenvalue weighted by Gasteiger charge is 2.41.